The number of nitriles is 1. The summed E-state index contributed by atoms with van der Waals surface area (Å²) in [5, 5.41) is 9.16. The normalized spacial score (nSPS) is 11.0. The second kappa shape index (κ2) is 6.01. The van der Waals surface area contributed by atoms with E-state index in [9.17, 15) is 8.42 Å². The lowest BCUT2D eigenvalue weighted by Crippen LogP contribution is -2.23. The van der Waals surface area contributed by atoms with Gasteiger partial charge in [-0.25, -0.2) is 18.1 Å². The third kappa shape index (κ3) is 3.54. The summed E-state index contributed by atoms with van der Waals surface area (Å²) in [6.07, 6.45) is 1.15. The summed E-state index contributed by atoms with van der Waals surface area (Å²) in [4.78, 5) is 3.74. The molecule has 0 fully saturated rings. The molecule has 102 valence electrons. The molecule has 20 heavy (non-hydrogen) atoms. The molecule has 0 saturated heterocycles. The van der Waals surface area contributed by atoms with Gasteiger partial charge in [0.15, 0.2) is 0 Å². The van der Waals surface area contributed by atoms with Gasteiger partial charge in [0.05, 0.1) is 0 Å². The van der Waals surface area contributed by atoms with Crippen molar-refractivity contribution in [3.63, 3.8) is 0 Å². The number of benzene rings is 1. The summed E-state index contributed by atoms with van der Waals surface area (Å²) in [7, 11) is -3.66. The lowest BCUT2D eigenvalue weighted by Gasteiger charge is -2.06. The Labute approximate surface area is 121 Å². The van der Waals surface area contributed by atoms with Crippen molar-refractivity contribution in [3.8, 4) is 6.07 Å². The summed E-state index contributed by atoms with van der Waals surface area (Å²) in [6.45, 7) is 0.128. The van der Waals surface area contributed by atoms with E-state index in [0.29, 0.717) is 5.02 Å². The standard InChI is InChI=1S/C13H10ClN3O2S/c14-11-3-1-2-10(6-11)8-17-20(18,19)13-5-4-12(7-15)16-9-13/h1-6,9,17H,8H2. The van der Waals surface area contributed by atoms with E-state index in [-0.39, 0.29) is 17.1 Å². The molecule has 7 heteroatoms. The Morgan fingerprint density at radius 2 is 2.10 bits per heavy atom. The summed E-state index contributed by atoms with van der Waals surface area (Å²) in [6, 6.07) is 11.4. The second-order valence-electron chi connectivity index (χ2n) is 3.95. The number of hydrogen-bond acceptors (Lipinski definition) is 4. The lowest BCUT2D eigenvalue weighted by molar-refractivity contribution is 0.581. The zero-order chi connectivity index (χ0) is 14.6. The molecular weight excluding hydrogens is 298 g/mol. The van der Waals surface area contributed by atoms with Crippen LogP contribution < -0.4 is 4.72 Å². The SMILES string of the molecule is N#Cc1ccc(S(=O)(=O)NCc2cccc(Cl)c2)cn1. The van der Waals surface area contributed by atoms with Crippen LogP contribution in [0.2, 0.25) is 5.02 Å². The summed E-state index contributed by atoms with van der Waals surface area (Å²) in [5.41, 5.74) is 0.918. The van der Waals surface area contributed by atoms with E-state index in [4.69, 9.17) is 16.9 Å². The molecule has 0 spiro atoms. The van der Waals surface area contributed by atoms with Crippen LogP contribution in [0.4, 0.5) is 0 Å². The fraction of sp³-hybridized carbons (Fsp3) is 0.0769. The van der Waals surface area contributed by atoms with Crippen LogP contribution in [0.1, 0.15) is 11.3 Å². The van der Waals surface area contributed by atoms with E-state index in [1.54, 1.807) is 24.3 Å². The molecule has 0 aliphatic rings. The number of hydrogen-bond donors (Lipinski definition) is 1. The van der Waals surface area contributed by atoms with Gasteiger partial charge in [0.25, 0.3) is 0 Å². The Morgan fingerprint density at radius 3 is 2.70 bits per heavy atom. The fourth-order valence-corrected chi connectivity index (χ4v) is 2.69. The number of pyridine rings is 1. The third-order valence-corrected chi connectivity index (χ3v) is 4.14. The smallest absolute Gasteiger partial charge is 0.242 e. The fourth-order valence-electron chi connectivity index (χ4n) is 1.51. The summed E-state index contributed by atoms with van der Waals surface area (Å²) >= 11 is 5.83. The highest BCUT2D eigenvalue weighted by Gasteiger charge is 2.14. The largest absolute Gasteiger partial charge is 0.244 e. The van der Waals surface area contributed by atoms with Gasteiger partial charge in [0.1, 0.15) is 16.7 Å². The topological polar surface area (TPSA) is 82.8 Å². The van der Waals surface area contributed by atoms with Gasteiger partial charge >= 0.3 is 0 Å². The Balaban J connectivity index is 2.13. The quantitative estimate of drug-likeness (QED) is 0.937. The van der Waals surface area contributed by atoms with Crippen LogP contribution in [0.15, 0.2) is 47.5 Å². The van der Waals surface area contributed by atoms with Gasteiger partial charge in [-0.1, -0.05) is 23.7 Å². The predicted molar refractivity (Wildman–Crippen MR) is 74.4 cm³/mol. The minimum absolute atomic E-state index is 0.0125. The van der Waals surface area contributed by atoms with E-state index in [2.05, 4.69) is 9.71 Å². The van der Waals surface area contributed by atoms with Gasteiger partial charge < -0.3 is 0 Å². The molecule has 2 rings (SSSR count). The van der Waals surface area contributed by atoms with E-state index in [0.717, 1.165) is 11.8 Å². The lowest BCUT2D eigenvalue weighted by atomic mass is 10.2. The predicted octanol–water partition coefficient (Wildman–Crippen LogP) is 2.09. The van der Waals surface area contributed by atoms with E-state index in [1.807, 2.05) is 6.07 Å². The number of sulfonamides is 1. The summed E-state index contributed by atoms with van der Waals surface area (Å²) in [5.74, 6) is 0. The number of nitrogens with zero attached hydrogens (tertiary/aromatic N) is 2. The van der Waals surface area contributed by atoms with Gasteiger partial charge in [0, 0.05) is 17.8 Å². The molecule has 2 aromatic rings. The van der Waals surface area contributed by atoms with Crippen molar-refractivity contribution in [1.29, 1.82) is 5.26 Å². The first-order valence-electron chi connectivity index (χ1n) is 5.61. The number of aromatic nitrogens is 1. The van der Waals surface area contributed by atoms with E-state index >= 15 is 0 Å². The van der Waals surface area contributed by atoms with Gasteiger partial charge in [-0.2, -0.15) is 5.26 Å². The second-order valence-corrected chi connectivity index (χ2v) is 6.15. The van der Waals surface area contributed by atoms with E-state index < -0.39 is 10.0 Å². The van der Waals surface area contributed by atoms with Crippen LogP contribution in [0.25, 0.3) is 0 Å². The maximum Gasteiger partial charge on any atom is 0.242 e. The molecule has 0 radical (unpaired) electrons. The molecule has 0 aliphatic heterocycles. The summed E-state index contributed by atoms with van der Waals surface area (Å²) < 4.78 is 26.5. The van der Waals surface area contributed by atoms with Crippen molar-refractivity contribution >= 4 is 21.6 Å². The van der Waals surface area contributed by atoms with Crippen LogP contribution in [0, 0.1) is 11.3 Å². The Hall–Kier alpha value is -1.94. The molecule has 1 aromatic carbocycles. The van der Waals surface area contributed by atoms with Crippen LogP contribution in [0.5, 0.6) is 0 Å². The van der Waals surface area contributed by atoms with Crippen LogP contribution >= 0.6 is 11.6 Å². The van der Waals surface area contributed by atoms with Gasteiger partial charge in [0.2, 0.25) is 10.0 Å². The highest BCUT2D eigenvalue weighted by molar-refractivity contribution is 7.89. The molecule has 0 atom stereocenters. The first kappa shape index (κ1) is 14.5. The van der Waals surface area contributed by atoms with Crippen molar-refractivity contribution in [2.75, 3.05) is 0 Å². The Kier molecular flexibility index (Phi) is 4.35. The molecule has 0 amide bonds. The molecule has 1 aromatic heterocycles. The molecule has 0 aliphatic carbocycles. The average Bonchev–Trinajstić information content (AvgIpc) is 2.45. The number of nitrogens with one attached hydrogen (secondary N) is 1. The Bertz CT molecular complexity index is 752. The third-order valence-electron chi connectivity index (χ3n) is 2.52. The van der Waals surface area contributed by atoms with Crippen molar-refractivity contribution in [1.82, 2.24) is 9.71 Å². The molecule has 0 saturated carbocycles. The molecular formula is C13H10ClN3O2S. The van der Waals surface area contributed by atoms with Crippen molar-refractivity contribution in [2.24, 2.45) is 0 Å². The first-order valence-corrected chi connectivity index (χ1v) is 7.47. The van der Waals surface area contributed by atoms with Crippen LogP contribution in [-0.4, -0.2) is 13.4 Å². The van der Waals surface area contributed by atoms with Crippen LogP contribution in [0.3, 0.4) is 0 Å². The minimum Gasteiger partial charge on any atom is -0.244 e. The molecule has 0 bridgehead atoms. The van der Waals surface area contributed by atoms with Gasteiger partial charge in [-0.15, -0.1) is 0 Å². The van der Waals surface area contributed by atoms with Crippen molar-refractivity contribution < 1.29 is 8.42 Å². The van der Waals surface area contributed by atoms with E-state index in [1.165, 1.54) is 12.1 Å². The molecule has 5 nitrogen and oxygen atoms in total. The highest BCUT2D eigenvalue weighted by Crippen LogP contribution is 2.12. The average molecular weight is 308 g/mol. The van der Waals surface area contributed by atoms with Crippen molar-refractivity contribution in [3.05, 3.63) is 58.9 Å². The Morgan fingerprint density at radius 1 is 1.30 bits per heavy atom. The maximum atomic E-state index is 12.0. The maximum absolute atomic E-state index is 12.0. The van der Waals surface area contributed by atoms with Crippen LogP contribution in [-0.2, 0) is 16.6 Å². The molecule has 0 unspecified atom stereocenters. The zero-order valence-electron chi connectivity index (χ0n) is 10.2. The first-order chi connectivity index (χ1) is 9.51. The number of rotatable bonds is 4. The molecule has 1 heterocycles. The highest BCUT2D eigenvalue weighted by atomic mass is 35.5. The zero-order valence-corrected chi connectivity index (χ0v) is 11.8. The monoisotopic (exact) mass is 307 g/mol. The number of halogens is 1. The minimum atomic E-state index is -3.66. The van der Waals surface area contributed by atoms with Gasteiger partial charge in [-0.05, 0) is 29.8 Å². The molecule has 1 N–H and O–H groups in total. The van der Waals surface area contributed by atoms with Crippen molar-refractivity contribution in [2.45, 2.75) is 11.4 Å². The van der Waals surface area contributed by atoms with Gasteiger partial charge in [-0.3, -0.25) is 0 Å².